The molecule has 4 rings (SSSR count). The number of carbonyl (C=O) groups is 1. The third-order valence-corrected chi connectivity index (χ3v) is 5.77. The number of ether oxygens (including phenoxy) is 1. The van der Waals surface area contributed by atoms with E-state index >= 15 is 0 Å². The molecule has 2 aromatic carbocycles. The van der Waals surface area contributed by atoms with Crippen molar-refractivity contribution in [3.05, 3.63) is 71.2 Å². The number of rotatable bonds is 3. The lowest BCUT2D eigenvalue weighted by Crippen LogP contribution is -2.15. The Hall–Kier alpha value is -2.80. The number of carbonyl (C=O) groups excluding carboxylic acids is 1. The van der Waals surface area contributed by atoms with E-state index in [1.54, 1.807) is 23.9 Å². The van der Waals surface area contributed by atoms with E-state index in [-0.39, 0.29) is 17.0 Å². The third-order valence-electron chi connectivity index (χ3n) is 4.50. The van der Waals surface area contributed by atoms with Crippen molar-refractivity contribution in [2.45, 2.75) is 12.2 Å². The lowest BCUT2D eigenvalue weighted by Gasteiger charge is -2.15. The van der Waals surface area contributed by atoms with Gasteiger partial charge in [-0.25, -0.2) is 9.07 Å². The molecule has 5 nitrogen and oxygen atoms in total. The van der Waals surface area contributed by atoms with Crippen LogP contribution in [0.4, 0.5) is 10.2 Å². The van der Waals surface area contributed by atoms with Crippen LogP contribution >= 0.6 is 11.8 Å². The molecular weight excluding hydrogens is 365 g/mol. The molecule has 7 heteroatoms. The monoisotopic (exact) mass is 383 g/mol. The number of amides is 1. The van der Waals surface area contributed by atoms with E-state index in [1.165, 1.54) is 23.9 Å². The summed E-state index contributed by atoms with van der Waals surface area (Å²) >= 11 is 1.51. The summed E-state index contributed by atoms with van der Waals surface area (Å²) in [5.74, 6) is 1.36. The van der Waals surface area contributed by atoms with Crippen molar-refractivity contribution >= 4 is 23.5 Å². The molecule has 1 aliphatic heterocycles. The van der Waals surface area contributed by atoms with E-state index in [0.717, 1.165) is 28.3 Å². The van der Waals surface area contributed by atoms with Crippen LogP contribution in [0.1, 0.15) is 22.1 Å². The number of anilines is 1. The smallest absolute Gasteiger partial charge is 0.235 e. The Bertz CT molecular complexity index is 984. The van der Waals surface area contributed by atoms with Crippen LogP contribution in [-0.4, -0.2) is 28.6 Å². The predicted octanol–water partition coefficient (Wildman–Crippen LogP) is 4.10. The maximum atomic E-state index is 13.4. The van der Waals surface area contributed by atoms with Gasteiger partial charge in [-0.2, -0.15) is 5.10 Å². The van der Waals surface area contributed by atoms with Crippen LogP contribution in [0.2, 0.25) is 0 Å². The molecule has 1 aliphatic rings. The molecule has 0 fully saturated rings. The minimum Gasteiger partial charge on any atom is -0.497 e. The molecule has 0 bridgehead atoms. The van der Waals surface area contributed by atoms with Crippen LogP contribution in [0, 0.1) is 12.7 Å². The summed E-state index contributed by atoms with van der Waals surface area (Å²) < 4.78 is 20.3. The van der Waals surface area contributed by atoms with E-state index in [4.69, 9.17) is 4.74 Å². The van der Waals surface area contributed by atoms with Gasteiger partial charge in [0, 0.05) is 5.56 Å². The number of aromatic nitrogens is 2. The maximum Gasteiger partial charge on any atom is 0.235 e. The van der Waals surface area contributed by atoms with Gasteiger partial charge in [0.1, 0.15) is 17.4 Å². The van der Waals surface area contributed by atoms with Gasteiger partial charge in [-0.3, -0.25) is 4.79 Å². The second-order valence-electron chi connectivity index (χ2n) is 6.25. The first-order valence-electron chi connectivity index (χ1n) is 8.47. The van der Waals surface area contributed by atoms with Gasteiger partial charge in [0.05, 0.1) is 29.5 Å². The minimum absolute atomic E-state index is 0.0828. The molecule has 138 valence electrons. The van der Waals surface area contributed by atoms with E-state index in [1.807, 2.05) is 31.2 Å². The summed E-state index contributed by atoms with van der Waals surface area (Å²) in [4.78, 5) is 12.3. The van der Waals surface area contributed by atoms with Gasteiger partial charge in [0.15, 0.2) is 0 Å². The highest BCUT2D eigenvalue weighted by molar-refractivity contribution is 8.00. The van der Waals surface area contributed by atoms with Gasteiger partial charge >= 0.3 is 0 Å². The molecule has 3 aromatic rings. The van der Waals surface area contributed by atoms with Crippen LogP contribution in [-0.2, 0) is 4.79 Å². The molecule has 0 saturated carbocycles. The number of hydrogen-bond donors (Lipinski definition) is 1. The zero-order valence-electron chi connectivity index (χ0n) is 14.9. The van der Waals surface area contributed by atoms with Crippen LogP contribution in [0.3, 0.4) is 0 Å². The van der Waals surface area contributed by atoms with Crippen molar-refractivity contribution in [3.63, 3.8) is 0 Å². The standard InChI is InChI=1S/C20H18FN3O2S/c1-12-18-19(13-3-5-14(21)6-4-13)27-11-17(25)22-20(18)24(23-12)15-7-9-16(26-2)10-8-15/h3-10,19H,11H2,1-2H3,(H,22,25). The molecule has 27 heavy (non-hydrogen) atoms. The Balaban J connectivity index is 1.84. The summed E-state index contributed by atoms with van der Waals surface area (Å²) in [6, 6.07) is 13.9. The summed E-state index contributed by atoms with van der Waals surface area (Å²) in [5, 5.41) is 7.54. The number of fused-ring (bicyclic) bond motifs is 1. The number of thioether (sulfide) groups is 1. The van der Waals surface area contributed by atoms with E-state index < -0.39 is 0 Å². The average Bonchev–Trinajstić information content (AvgIpc) is 2.88. The topological polar surface area (TPSA) is 56.1 Å². The molecule has 1 amide bonds. The zero-order valence-corrected chi connectivity index (χ0v) is 15.7. The highest BCUT2D eigenvalue weighted by Crippen LogP contribution is 2.43. The van der Waals surface area contributed by atoms with Crippen LogP contribution in [0.25, 0.3) is 5.69 Å². The van der Waals surface area contributed by atoms with E-state index in [2.05, 4.69) is 10.4 Å². The highest BCUT2D eigenvalue weighted by Gasteiger charge is 2.30. The maximum absolute atomic E-state index is 13.4. The molecule has 0 radical (unpaired) electrons. The Morgan fingerprint density at radius 2 is 1.89 bits per heavy atom. The van der Waals surface area contributed by atoms with Crippen molar-refractivity contribution in [2.24, 2.45) is 0 Å². The second kappa shape index (κ2) is 7.08. The fraction of sp³-hybridized carbons (Fsp3) is 0.200. The Kier molecular flexibility index (Phi) is 4.61. The fourth-order valence-corrected chi connectivity index (χ4v) is 4.38. The Labute approximate surface area is 160 Å². The van der Waals surface area contributed by atoms with Gasteiger partial charge < -0.3 is 10.1 Å². The predicted molar refractivity (Wildman–Crippen MR) is 104 cm³/mol. The number of nitrogens with zero attached hydrogens (tertiary/aromatic N) is 2. The molecule has 1 atom stereocenters. The van der Waals surface area contributed by atoms with Gasteiger partial charge in [-0.1, -0.05) is 12.1 Å². The largest absolute Gasteiger partial charge is 0.497 e. The van der Waals surface area contributed by atoms with Gasteiger partial charge in [-0.05, 0) is 48.9 Å². The van der Waals surface area contributed by atoms with Crippen molar-refractivity contribution in [1.82, 2.24) is 9.78 Å². The molecule has 1 aromatic heterocycles. The van der Waals surface area contributed by atoms with Gasteiger partial charge in [-0.15, -0.1) is 11.8 Å². The van der Waals surface area contributed by atoms with Crippen LogP contribution in [0.15, 0.2) is 48.5 Å². The average molecular weight is 383 g/mol. The molecule has 0 saturated heterocycles. The summed E-state index contributed by atoms with van der Waals surface area (Å²) in [6.45, 7) is 1.92. The molecule has 0 spiro atoms. The van der Waals surface area contributed by atoms with Crippen LogP contribution in [0.5, 0.6) is 5.75 Å². The van der Waals surface area contributed by atoms with Crippen LogP contribution < -0.4 is 10.1 Å². The quantitative estimate of drug-likeness (QED) is 0.740. The summed E-state index contributed by atoms with van der Waals surface area (Å²) in [5.41, 5.74) is 3.53. The van der Waals surface area contributed by atoms with E-state index in [9.17, 15) is 9.18 Å². The van der Waals surface area contributed by atoms with E-state index in [0.29, 0.717) is 11.6 Å². The van der Waals surface area contributed by atoms with Gasteiger partial charge in [0.25, 0.3) is 0 Å². The fourth-order valence-electron chi connectivity index (χ4n) is 3.19. The van der Waals surface area contributed by atoms with Crippen molar-refractivity contribution in [3.8, 4) is 11.4 Å². The Morgan fingerprint density at radius 1 is 1.19 bits per heavy atom. The number of methoxy groups -OCH3 is 1. The first-order chi connectivity index (χ1) is 13.1. The molecule has 2 heterocycles. The second-order valence-corrected chi connectivity index (χ2v) is 7.34. The number of hydrogen-bond acceptors (Lipinski definition) is 4. The first kappa shape index (κ1) is 17.6. The highest BCUT2D eigenvalue weighted by atomic mass is 32.2. The number of nitrogens with one attached hydrogen (secondary N) is 1. The number of aryl methyl sites for hydroxylation is 1. The van der Waals surface area contributed by atoms with Crippen molar-refractivity contribution in [2.75, 3.05) is 18.2 Å². The SMILES string of the molecule is COc1ccc(-n2nc(C)c3c2NC(=O)CSC3c2ccc(F)cc2)cc1. The first-order valence-corrected chi connectivity index (χ1v) is 9.52. The Morgan fingerprint density at radius 3 is 2.56 bits per heavy atom. The van der Waals surface area contributed by atoms with Crippen molar-refractivity contribution in [1.29, 1.82) is 0 Å². The minimum atomic E-state index is -0.280. The lowest BCUT2D eigenvalue weighted by molar-refractivity contribution is -0.113. The zero-order chi connectivity index (χ0) is 19.0. The molecule has 1 N–H and O–H groups in total. The van der Waals surface area contributed by atoms with Gasteiger partial charge in [0.2, 0.25) is 5.91 Å². The molecule has 1 unspecified atom stereocenters. The molecular formula is C20H18FN3O2S. The lowest BCUT2D eigenvalue weighted by atomic mass is 10.0. The summed E-state index contributed by atoms with van der Waals surface area (Å²) in [6.07, 6.45) is 0. The number of halogens is 1. The normalized spacial score (nSPS) is 16.4. The third kappa shape index (κ3) is 3.30. The number of benzene rings is 2. The summed E-state index contributed by atoms with van der Waals surface area (Å²) in [7, 11) is 1.61. The van der Waals surface area contributed by atoms with Crippen molar-refractivity contribution < 1.29 is 13.9 Å². The molecule has 0 aliphatic carbocycles.